The first-order valence-electron chi connectivity index (χ1n) is 8.10. The predicted molar refractivity (Wildman–Crippen MR) is 102 cm³/mol. The van der Waals surface area contributed by atoms with Crippen LogP contribution in [0.5, 0.6) is 5.75 Å². The number of hydrogen-bond donors (Lipinski definition) is 1. The summed E-state index contributed by atoms with van der Waals surface area (Å²) in [7, 11) is 0. The van der Waals surface area contributed by atoms with Gasteiger partial charge in [0.15, 0.2) is 0 Å². The van der Waals surface area contributed by atoms with Crippen molar-refractivity contribution < 1.29 is 14.6 Å². The van der Waals surface area contributed by atoms with Gasteiger partial charge in [-0.1, -0.05) is 36.4 Å². The molecule has 1 heterocycles. The molecule has 0 bridgehead atoms. The molecule has 0 aromatic heterocycles. The molecule has 24 heavy (non-hydrogen) atoms. The van der Waals surface area contributed by atoms with E-state index in [0.717, 1.165) is 34.3 Å². The molecule has 1 atom stereocenters. The van der Waals surface area contributed by atoms with E-state index in [4.69, 9.17) is 4.74 Å². The zero-order valence-electron chi connectivity index (χ0n) is 13.3. The Morgan fingerprint density at radius 1 is 1.21 bits per heavy atom. The minimum Gasteiger partial charge on any atom is -0.491 e. The molecule has 0 radical (unpaired) electrons. The van der Waals surface area contributed by atoms with Gasteiger partial charge in [0.2, 0.25) is 0 Å². The molecule has 4 nitrogen and oxygen atoms in total. The summed E-state index contributed by atoms with van der Waals surface area (Å²) in [5.41, 5.74) is 2.35. The first-order valence-corrected chi connectivity index (χ1v) is 9.17. The fourth-order valence-electron chi connectivity index (χ4n) is 3.07. The normalized spacial score (nSPS) is 17.8. The second-order valence-corrected chi connectivity index (χ2v) is 7.05. The van der Waals surface area contributed by atoms with E-state index in [9.17, 15) is 9.90 Å². The molecule has 126 valence electrons. The molecule has 1 aliphatic heterocycles. The third kappa shape index (κ3) is 4.08. The van der Waals surface area contributed by atoms with Gasteiger partial charge in [0.05, 0.1) is 3.57 Å². The highest BCUT2D eigenvalue weighted by atomic mass is 127. The highest BCUT2D eigenvalue weighted by molar-refractivity contribution is 14.1. The molecule has 1 saturated heterocycles. The number of rotatable bonds is 6. The Morgan fingerprint density at radius 3 is 2.71 bits per heavy atom. The Bertz CT molecular complexity index is 705. The van der Waals surface area contributed by atoms with Crippen LogP contribution in [0.3, 0.4) is 0 Å². The van der Waals surface area contributed by atoms with E-state index in [1.807, 2.05) is 29.2 Å². The van der Waals surface area contributed by atoms with Crippen LogP contribution in [0.1, 0.15) is 12.8 Å². The van der Waals surface area contributed by atoms with Gasteiger partial charge in [-0.3, -0.25) is 9.69 Å². The van der Waals surface area contributed by atoms with Gasteiger partial charge in [-0.2, -0.15) is 0 Å². The summed E-state index contributed by atoms with van der Waals surface area (Å²) in [5, 5.41) is 9.20. The highest BCUT2D eigenvalue weighted by Crippen LogP contribution is 2.28. The Kier molecular flexibility index (Phi) is 5.73. The van der Waals surface area contributed by atoms with Crippen molar-refractivity contribution in [3.63, 3.8) is 0 Å². The molecule has 0 amide bonds. The summed E-state index contributed by atoms with van der Waals surface area (Å²) in [5.74, 6) is 0.121. The number of likely N-dealkylation sites (tertiary alicyclic amines) is 1. The number of halogens is 1. The second kappa shape index (κ2) is 7.98. The molecular formula is C19H20INO3. The van der Waals surface area contributed by atoms with Crippen LogP contribution in [0.2, 0.25) is 0 Å². The van der Waals surface area contributed by atoms with E-state index < -0.39 is 5.97 Å². The molecular weight excluding hydrogens is 417 g/mol. The van der Waals surface area contributed by atoms with E-state index in [-0.39, 0.29) is 6.04 Å². The van der Waals surface area contributed by atoms with E-state index in [0.29, 0.717) is 13.2 Å². The monoisotopic (exact) mass is 437 g/mol. The van der Waals surface area contributed by atoms with Crippen molar-refractivity contribution in [2.24, 2.45) is 0 Å². The molecule has 1 fully saturated rings. The number of carboxylic acid groups (broad SMARTS) is 1. The molecule has 0 unspecified atom stereocenters. The first-order chi connectivity index (χ1) is 11.6. The lowest BCUT2D eigenvalue weighted by atomic mass is 10.1. The Hall–Kier alpha value is -1.60. The maximum Gasteiger partial charge on any atom is 0.320 e. The number of carbonyl (C=O) groups is 1. The summed E-state index contributed by atoms with van der Waals surface area (Å²) in [4.78, 5) is 13.2. The quantitative estimate of drug-likeness (QED) is 0.697. The number of nitrogens with zero attached hydrogens (tertiary/aromatic N) is 1. The Morgan fingerprint density at radius 2 is 2.00 bits per heavy atom. The van der Waals surface area contributed by atoms with Crippen molar-refractivity contribution >= 4 is 28.6 Å². The third-order valence-corrected chi connectivity index (χ3v) is 5.17. The minimum absolute atomic E-state index is 0.354. The predicted octanol–water partition coefficient (Wildman–Crippen LogP) is 3.89. The number of ether oxygens (including phenoxy) is 1. The van der Waals surface area contributed by atoms with Crippen LogP contribution in [0.4, 0.5) is 0 Å². The van der Waals surface area contributed by atoms with Crippen molar-refractivity contribution in [1.82, 2.24) is 4.90 Å². The molecule has 1 aliphatic rings. The average molecular weight is 437 g/mol. The molecule has 0 aliphatic carbocycles. The van der Waals surface area contributed by atoms with Gasteiger partial charge in [-0.05, 0) is 65.2 Å². The number of aliphatic carboxylic acids is 1. The summed E-state index contributed by atoms with van der Waals surface area (Å²) in [6, 6.07) is 16.1. The van der Waals surface area contributed by atoms with Crippen LogP contribution in [-0.2, 0) is 4.79 Å². The number of carboxylic acids is 1. The van der Waals surface area contributed by atoms with Crippen LogP contribution in [0, 0.1) is 3.57 Å². The van der Waals surface area contributed by atoms with Gasteiger partial charge < -0.3 is 9.84 Å². The SMILES string of the molecule is O=C(O)[C@@H]1CCCN1CCOc1ccc(-c2ccccc2)cc1I. The number of hydrogen-bond acceptors (Lipinski definition) is 3. The average Bonchev–Trinajstić information content (AvgIpc) is 3.06. The van der Waals surface area contributed by atoms with Gasteiger partial charge >= 0.3 is 5.97 Å². The Labute approximate surface area is 155 Å². The van der Waals surface area contributed by atoms with Crippen LogP contribution < -0.4 is 4.74 Å². The lowest BCUT2D eigenvalue weighted by Crippen LogP contribution is -2.38. The standard InChI is InChI=1S/C19H20INO3/c20-16-13-15(14-5-2-1-3-6-14)8-9-18(16)24-12-11-21-10-4-7-17(21)19(22)23/h1-3,5-6,8-9,13,17H,4,7,10-12H2,(H,22,23)/t17-/m0/s1. The molecule has 1 N–H and O–H groups in total. The van der Waals surface area contributed by atoms with Gasteiger partial charge in [-0.25, -0.2) is 0 Å². The number of benzene rings is 2. The van der Waals surface area contributed by atoms with Crippen molar-refractivity contribution in [3.8, 4) is 16.9 Å². The van der Waals surface area contributed by atoms with Gasteiger partial charge in [0, 0.05) is 6.54 Å². The lowest BCUT2D eigenvalue weighted by molar-refractivity contribution is -0.142. The molecule has 2 aromatic rings. The first kappa shape index (κ1) is 17.2. The van der Waals surface area contributed by atoms with Crippen LogP contribution >= 0.6 is 22.6 Å². The summed E-state index contributed by atoms with van der Waals surface area (Å²) >= 11 is 2.28. The largest absolute Gasteiger partial charge is 0.491 e. The van der Waals surface area contributed by atoms with Crippen molar-refractivity contribution in [2.45, 2.75) is 18.9 Å². The molecule has 2 aromatic carbocycles. The van der Waals surface area contributed by atoms with E-state index >= 15 is 0 Å². The van der Waals surface area contributed by atoms with Crippen LogP contribution in [0.25, 0.3) is 11.1 Å². The second-order valence-electron chi connectivity index (χ2n) is 5.89. The van der Waals surface area contributed by atoms with Crippen molar-refractivity contribution in [1.29, 1.82) is 0 Å². The van der Waals surface area contributed by atoms with Crippen molar-refractivity contribution in [2.75, 3.05) is 19.7 Å². The van der Waals surface area contributed by atoms with E-state index in [1.165, 1.54) is 5.56 Å². The highest BCUT2D eigenvalue weighted by Gasteiger charge is 2.29. The summed E-state index contributed by atoms with van der Waals surface area (Å²) in [6.45, 7) is 1.99. The fraction of sp³-hybridized carbons (Fsp3) is 0.316. The van der Waals surface area contributed by atoms with Crippen LogP contribution in [0.15, 0.2) is 48.5 Å². The topological polar surface area (TPSA) is 49.8 Å². The van der Waals surface area contributed by atoms with Gasteiger partial charge in [-0.15, -0.1) is 0 Å². The molecule has 0 spiro atoms. The van der Waals surface area contributed by atoms with E-state index in [1.54, 1.807) is 0 Å². The summed E-state index contributed by atoms with van der Waals surface area (Å²) < 4.78 is 6.94. The lowest BCUT2D eigenvalue weighted by Gasteiger charge is -2.21. The van der Waals surface area contributed by atoms with Crippen LogP contribution in [-0.4, -0.2) is 41.7 Å². The third-order valence-electron chi connectivity index (χ3n) is 4.32. The Balaban J connectivity index is 1.59. The smallest absolute Gasteiger partial charge is 0.320 e. The summed E-state index contributed by atoms with van der Waals surface area (Å²) in [6.07, 6.45) is 1.68. The zero-order valence-corrected chi connectivity index (χ0v) is 15.5. The minimum atomic E-state index is -0.728. The maximum absolute atomic E-state index is 11.2. The molecule has 5 heteroatoms. The van der Waals surface area contributed by atoms with Crippen molar-refractivity contribution in [3.05, 3.63) is 52.1 Å². The zero-order chi connectivity index (χ0) is 16.9. The van der Waals surface area contributed by atoms with Gasteiger partial charge in [0.1, 0.15) is 18.4 Å². The van der Waals surface area contributed by atoms with E-state index in [2.05, 4.69) is 46.9 Å². The fourth-order valence-corrected chi connectivity index (χ4v) is 3.75. The molecule has 3 rings (SSSR count). The maximum atomic E-state index is 11.2. The van der Waals surface area contributed by atoms with Gasteiger partial charge in [0.25, 0.3) is 0 Å². The molecule has 0 saturated carbocycles.